The molecule has 27 heavy (non-hydrogen) atoms. The topological polar surface area (TPSA) is 25.0 Å². The lowest BCUT2D eigenvalue weighted by Gasteiger charge is -2.12. The predicted molar refractivity (Wildman–Crippen MR) is 114 cm³/mol. The van der Waals surface area contributed by atoms with E-state index in [0.717, 1.165) is 22.9 Å². The van der Waals surface area contributed by atoms with E-state index in [1.54, 1.807) is 0 Å². The minimum Gasteiger partial charge on any atom is -0.485 e. The van der Waals surface area contributed by atoms with Crippen LogP contribution in [0.5, 0.6) is 5.75 Å². The van der Waals surface area contributed by atoms with E-state index in [-0.39, 0.29) is 6.10 Å². The van der Waals surface area contributed by atoms with Crippen LogP contribution < -0.4 is 4.74 Å². The summed E-state index contributed by atoms with van der Waals surface area (Å²) < 4.78 is 6.28. The van der Waals surface area contributed by atoms with Crippen LogP contribution in [-0.2, 0) is 6.42 Å². The number of para-hydroxylation sites is 1. The fourth-order valence-electron chi connectivity index (χ4n) is 3.94. The van der Waals surface area contributed by atoms with Gasteiger partial charge in [-0.05, 0) is 59.2 Å². The molecule has 132 valence electrons. The van der Waals surface area contributed by atoms with Crippen LogP contribution in [0.15, 0.2) is 76.5 Å². The van der Waals surface area contributed by atoms with Gasteiger partial charge in [-0.3, -0.25) is 0 Å². The van der Waals surface area contributed by atoms with E-state index in [9.17, 15) is 0 Å². The first-order valence-corrected chi connectivity index (χ1v) is 11.1. The second-order valence-corrected chi connectivity index (χ2v) is 9.42. The molecule has 4 aromatic rings. The van der Waals surface area contributed by atoms with E-state index in [2.05, 4.69) is 71.7 Å². The molecule has 0 saturated heterocycles. The maximum Gasteiger partial charge on any atom is 0.128 e. The third kappa shape index (κ3) is 2.67. The van der Waals surface area contributed by atoms with Crippen molar-refractivity contribution in [1.29, 1.82) is 0 Å². The van der Waals surface area contributed by atoms with Gasteiger partial charge >= 0.3 is 0 Å². The van der Waals surface area contributed by atoms with E-state index >= 15 is 0 Å². The van der Waals surface area contributed by atoms with Crippen molar-refractivity contribution in [2.75, 3.05) is 5.08 Å². The second kappa shape index (κ2) is 6.11. The molecule has 2 aliphatic rings. The summed E-state index contributed by atoms with van der Waals surface area (Å²) in [4.78, 5) is 6.33. The monoisotopic (exact) mass is 387 g/mol. The number of aromatic amines is 1. The van der Waals surface area contributed by atoms with Crippen LogP contribution in [0.4, 0.5) is 0 Å². The minimum atomic E-state index is 0.120. The fraction of sp³-hybridized carbons (Fsp3) is 0.130. The van der Waals surface area contributed by atoms with Crippen LogP contribution in [0, 0.1) is 0 Å². The second-order valence-electron chi connectivity index (χ2n) is 7.02. The third-order valence-corrected chi connectivity index (χ3v) is 7.73. The molecule has 1 unspecified atom stereocenters. The molecular weight excluding hydrogens is 370 g/mol. The van der Waals surface area contributed by atoms with Gasteiger partial charge in [0.1, 0.15) is 11.9 Å². The number of hydrogen-bond acceptors (Lipinski definition) is 3. The molecule has 0 amide bonds. The predicted octanol–water partition coefficient (Wildman–Crippen LogP) is 6.67. The molecule has 0 bridgehead atoms. The van der Waals surface area contributed by atoms with Gasteiger partial charge in [0.15, 0.2) is 0 Å². The molecule has 0 aliphatic carbocycles. The molecular formula is C23H17NOS2. The number of H-pyrrole nitrogens is 1. The van der Waals surface area contributed by atoms with Crippen molar-refractivity contribution in [3.05, 3.63) is 77.9 Å². The van der Waals surface area contributed by atoms with Gasteiger partial charge in [-0.2, -0.15) is 0 Å². The van der Waals surface area contributed by atoms with Crippen LogP contribution in [0.1, 0.15) is 17.2 Å². The van der Waals surface area contributed by atoms with Gasteiger partial charge < -0.3 is 9.72 Å². The summed E-state index contributed by atoms with van der Waals surface area (Å²) >= 11 is 3.86. The molecule has 2 aliphatic heterocycles. The van der Waals surface area contributed by atoms with Gasteiger partial charge in [-0.25, -0.2) is 0 Å². The van der Waals surface area contributed by atoms with Crippen LogP contribution in [0.25, 0.3) is 22.2 Å². The zero-order valence-electron chi connectivity index (χ0n) is 14.6. The average Bonchev–Trinajstić information content (AvgIpc) is 3.42. The number of hydrogen-bond donors (Lipinski definition) is 1. The highest BCUT2D eigenvalue weighted by Crippen LogP contribution is 2.45. The minimum absolute atomic E-state index is 0.120. The summed E-state index contributed by atoms with van der Waals surface area (Å²) in [6.45, 7) is 0. The Labute approximate surface area is 166 Å². The molecule has 1 atom stereocenters. The Balaban J connectivity index is 1.32. The normalized spacial score (nSPS) is 17.7. The van der Waals surface area contributed by atoms with Crippen molar-refractivity contribution < 1.29 is 4.74 Å². The highest BCUT2D eigenvalue weighted by Gasteiger charge is 2.26. The van der Waals surface area contributed by atoms with Crippen LogP contribution in [0.3, 0.4) is 0 Å². The average molecular weight is 388 g/mol. The summed E-state index contributed by atoms with van der Waals surface area (Å²) in [6.07, 6.45) is 1.05. The molecule has 0 spiro atoms. The molecule has 2 nitrogen and oxygen atoms in total. The molecule has 0 radical (unpaired) electrons. The maximum absolute atomic E-state index is 6.28. The molecule has 3 aromatic carbocycles. The third-order valence-electron chi connectivity index (χ3n) is 5.34. The lowest BCUT2D eigenvalue weighted by atomic mass is 10.0. The number of thioether (sulfide) groups is 2. The number of nitrogens with one attached hydrogen (secondary N) is 1. The Bertz CT molecular complexity index is 1150. The van der Waals surface area contributed by atoms with Gasteiger partial charge in [-0.1, -0.05) is 24.3 Å². The Kier molecular flexibility index (Phi) is 3.56. The highest BCUT2D eigenvalue weighted by atomic mass is 32.2. The van der Waals surface area contributed by atoms with Crippen molar-refractivity contribution in [1.82, 2.24) is 4.98 Å². The number of benzene rings is 3. The maximum atomic E-state index is 6.28. The van der Waals surface area contributed by atoms with Crippen LogP contribution in [0.2, 0.25) is 0 Å². The summed E-state index contributed by atoms with van der Waals surface area (Å²) in [5, 5.41) is 2.37. The SMILES string of the molecule is c1ccc2[nH]c(-c3ccc4c(c3)CC(c3ccc5c(c3)SCS5)O4)cc2c1. The number of aromatic nitrogens is 1. The number of fused-ring (bicyclic) bond motifs is 3. The molecule has 3 heterocycles. The lowest BCUT2D eigenvalue weighted by molar-refractivity contribution is 0.238. The van der Waals surface area contributed by atoms with Crippen LogP contribution >= 0.6 is 23.5 Å². The van der Waals surface area contributed by atoms with Crippen molar-refractivity contribution >= 4 is 34.4 Å². The molecule has 6 rings (SSSR count). The van der Waals surface area contributed by atoms with Gasteiger partial charge in [0.25, 0.3) is 0 Å². The summed E-state index contributed by atoms with van der Waals surface area (Å²) in [5.41, 5.74) is 6.13. The van der Waals surface area contributed by atoms with E-state index in [4.69, 9.17) is 4.74 Å². The Morgan fingerprint density at radius 1 is 0.889 bits per heavy atom. The number of rotatable bonds is 2. The molecule has 0 saturated carbocycles. The summed E-state index contributed by atoms with van der Waals surface area (Å²) in [6, 6.07) is 24.0. The van der Waals surface area contributed by atoms with Gasteiger partial charge in [0.2, 0.25) is 0 Å². The van der Waals surface area contributed by atoms with E-state index in [0.29, 0.717) is 0 Å². The summed E-state index contributed by atoms with van der Waals surface area (Å²) in [7, 11) is 0. The van der Waals surface area contributed by atoms with Crippen molar-refractivity contribution in [2.24, 2.45) is 0 Å². The highest BCUT2D eigenvalue weighted by molar-refractivity contribution is 8.18. The van der Waals surface area contributed by atoms with E-state index < -0.39 is 0 Å². The largest absolute Gasteiger partial charge is 0.485 e. The Hall–Kier alpha value is -2.30. The summed E-state index contributed by atoms with van der Waals surface area (Å²) in [5.74, 6) is 1.02. The van der Waals surface area contributed by atoms with Gasteiger partial charge in [0.05, 0.1) is 0 Å². The van der Waals surface area contributed by atoms with Gasteiger partial charge in [0, 0.05) is 37.9 Å². The molecule has 1 N–H and O–H groups in total. The molecule has 4 heteroatoms. The molecule has 1 aromatic heterocycles. The van der Waals surface area contributed by atoms with E-state index in [1.807, 2.05) is 23.5 Å². The molecule has 0 fully saturated rings. The standard InChI is InChI=1S/C23H17NOS2/c1-2-4-18-14(3-1)10-19(24-18)15-5-7-20-17(9-15)11-21(25-20)16-6-8-22-23(12-16)27-13-26-22/h1-10,12,21,24H,11,13H2. The Morgan fingerprint density at radius 2 is 1.81 bits per heavy atom. The first kappa shape index (κ1) is 15.7. The first-order valence-electron chi connectivity index (χ1n) is 9.11. The van der Waals surface area contributed by atoms with Crippen molar-refractivity contribution in [3.8, 4) is 17.0 Å². The Morgan fingerprint density at radius 3 is 2.78 bits per heavy atom. The fourth-order valence-corrected chi connectivity index (χ4v) is 6.34. The first-order chi connectivity index (χ1) is 13.3. The smallest absolute Gasteiger partial charge is 0.128 e. The zero-order valence-corrected chi connectivity index (χ0v) is 16.2. The zero-order chi connectivity index (χ0) is 17.8. The van der Waals surface area contributed by atoms with Crippen molar-refractivity contribution in [2.45, 2.75) is 22.3 Å². The number of ether oxygens (including phenoxy) is 1. The van der Waals surface area contributed by atoms with E-state index in [1.165, 1.54) is 37.4 Å². The van der Waals surface area contributed by atoms with Crippen molar-refractivity contribution in [3.63, 3.8) is 0 Å². The van der Waals surface area contributed by atoms with Gasteiger partial charge in [-0.15, -0.1) is 23.5 Å². The quantitative estimate of drug-likeness (QED) is 0.416. The van der Waals surface area contributed by atoms with Crippen LogP contribution in [-0.4, -0.2) is 10.1 Å². The lowest BCUT2D eigenvalue weighted by Crippen LogP contribution is -2.03.